The molecule has 2 fully saturated rings. The van der Waals surface area contributed by atoms with E-state index in [0.29, 0.717) is 13.0 Å². The summed E-state index contributed by atoms with van der Waals surface area (Å²) in [4.78, 5) is 26.8. The predicted molar refractivity (Wildman–Crippen MR) is 74.0 cm³/mol. The van der Waals surface area contributed by atoms with Crippen molar-refractivity contribution in [2.24, 2.45) is 0 Å². The van der Waals surface area contributed by atoms with E-state index in [1.165, 1.54) is 4.90 Å². The molecule has 2 saturated heterocycles. The van der Waals surface area contributed by atoms with E-state index in [-0.39, 0.29) is 36.0 Å². The lowest BCUT2D eigenvalue weighted by Gasteiger charge is -2.25. The fourth-order valence-corrected chi connectivity index (χ4v) is 4.39. The molecule has 0 bridgehead atoms. The molecule has 0 radical (unpaired) electrons. The van der Waals surface area contributed by atoms with E-state index in [2.05, 4.69) is 5.32 Å². The first-order chi connectivity index (χ1) is 9.12. The number of carbonyl (C=O) groups excluding carboxylic acids is 2. The molecule has 0 aromatic rings. The van der Waals surface area contributed by atoms with Crippen molar-refractivity contribution in [1.82, 2.24) is 15.1 Å². The Morgan fingerprint density at radius 3 is 2.50 bits per heavy atom. The van der Waals surface area contributed by atoms with Gasteiger partial charge in [-0.1, -0.05) is 0 Å². The highest BCUT2D eigenvalue weighted by atomic mass is 32.2. The molecule has 1 N–H and O–H groups in total. The third kappa shape index (κ3) is 2.95. The Hall–Kier alpha value is -1.15. The summed E-state index contributed by atoms with van der Waals surface area (Å²) in [6.45, 7) is 4.09. The maximum Gasteiger partial charge on any atom is 0.325 e. The zero-order chi connectivity index (χ0) is 15.1. The molecular weight excluding hydrogens is 282 g/mol. The van der Waals surface area contributed by atoms with Gasteiger partial charge in [0.25, 0.3) is 5.91 Å². The van der Waals surface area contributed by atoms with Crippen LogP contribution < -0.4 is 5.32 Å². The number of carbonyl (C=O) groups is 2. The molecule has 114 valence electrons. The lowest BCUT2D eigenvalue weighted by atomic mass is 10.1. The van der Waals surface area contributed by atoms with Gasteiger partial charge < -0.3 is 10.2 Å². The van der Waals surface area contributed by atoms with Gasteiger partial charge in [0, 0.05) is 19.1 Å². The Kier molecular flexibility index (Phi) is 3.81. The molecule has 2 heterocycles. The fraction of sp³-hybridized carbons (Fsp3) is 0.833. The summed E-state index contributed by atoms with van der Waals surface area (Å²) in [6, 6.07) is -0.402. The van der Waals surface area contributed by atoms with Crippen molar-refractivity contribution in [3.05, 3.63) is 0 Å². The van der Waals surface area contributed by atoms with Gasteiger partial charge in [0.05, 0.1) is 11.5 Å². The van der Waals surface area contributed by atoms with Crippen molar-refractivity contribution in [3.8, 4) is 0 Å². The largest absolute Gasteiger partial charge is 0.325 e. The zero-order valence-electron chi connectivity index (χ0n) is 12.0. The van der Waals surface area contributed by atoms with Crippen molar-refractivity contribution in [2.45, 2.75) is 31.8 Å². The summed E-state index contributed by atoms with van der Waals surface area (Å²) in [5, 5.41) is 2.62. The monoisotopic (exact) mass is 303 g/mol. The van der Waals surface area contributed by atoms with E-state index in [9.17, 15) is 18.0 Å². The van der Waals surface area contributed by atoms with Crippen LogP contribution in [0.25, 0.3) is 0 Å². The molecule has 2 rings (SSSR count). The molecular formula is C12H21N3O4S. The number of hydrogen-bond donors (Lipinski definition) is 1. The van der Waals surface area contributed by atoms with Crippen LogP contribution in [0.2, 0.25) is 0 Å². The summed E-state index contributed by atoms with van der Waals surface area (Å²) < 4.78 is 22.9. The molecule has 0 unspecified atom stereocenters. The van der Waals surface area contributed by atoms with Gasteiger partial charge in [-0.2, -0.15) is 0 Å². The Bertz CT molecular complexity index is 529. The SMILES string of the molecule is CN(CCN1C(=O)NC(C)(C)C1=O)[C@H]1CCS(=O)(=O)C1. The lowest BCUT2D eigenvalue weighted by molar-refractivity contribution is -0.130. The minimum absolute atomic E-state index is 0.0197. The summed E-state index contributed by atoms with van der Waals surface area (Å²) in [6.07, 6.45) is 0.616. The van der Waals surface area contributed by atoms with Gasteiger partial charge in [-0.25, -0.2) is 13.2 Å². The molecule has 2 aliphatic rings. The van der Waals surface area contributed by atoms with Crippen molar-refractivity contribution >= 4 is 21.8 Å². The number of hydrogen-bond acceptors (Lipinski definition) is 5. The first-order valence-corrected chi connectivity index (χ1v) is 8.49. The van der Waals surface area contributed by atoms with Crippen LogP contribution in [0.3, 0.4) is 0 Å². The van der Waals surface area contributed by atoms with Crippen LogP contribution in [0.15, 0.2) is 0 Å². The van der Waals surface area contributed by atoms with Crippen molar-refractivity contribution in [3.63, 3.8) is 0 Å². The number of likely N-dealkylation sites (N-methyl/N-ethyl adjacent to an activating group) is 1. The number of rotatable bonds is 4. The second-order valence-corrected chi connectivity index (χ2v) is 8.28. The minimum atomic E-state index is -2.92. The summed E-state index contributed by atoms with van der Waals surface area (Å²) in [5.74, 6) is 0.141. The Labute approximate surface area is 119 Å². The lowest BCUT2D eigenvalue weighted by Crippen LogP contribution is -2.43. The summed E-state index contributed by atoms with van der Waals surface area (Å²) in [7, 11) is -1.09. The fourth-order valence-electron chi connectivity index (χ4n) is 2.58. The highest BCUT2D eigenvalue weighted by Crippen LogP contribution is 2.18. The molecule has 8 heteroatoms. The Balaban J connectivity index is 1.90. The zero-order valence-corrected chi connectivity index (χ0v) is 12.9. The first-order valence-electron chi connectivity index (χ1n) is 6.67. The van der Waals surface area contributed by atoms with Crippen LogP contribution in [0.5, 0.6) is 0 Å². The highest BCUT2D eigenvalue weighted by Gasteiger charge is 2.44. The molecule has 3 amide bonds. The van der Waals surface area contributed by atoms with E-state index in [1.807, 2.05) is 11.9 Å². The molecule has 20 heavy (non-hydrogen) atoms. The second kappa shape index (κ2) is 5.00. The van der Waals surface area contributed by atoms with Crippen LogP contribution in [0.4, 0.5) is 4.79 Å². The number of sulfone groups is 1. The van der Waals surface area contributed by atoms with Gasteiger partial charge in [0.2, 0.25) is 0 Å². The number of amides is 3. The molecule has 0 aromatic carbocycles. The normalized spacial score (nSPS) is 28.2. The number of urea groups is 1. The van der Waals surface area contributed by atoms with Gasteiger partial charge in [0.15, 0.2) is 9.84 Å². The number of nitrogens with one attached hydrogen (secondary N) is 1. The van der Waals surface area contributed by atoms with E-state index >= 15 is 0 Å². The van der Waals surface area contributed by atoms with E-state index in [4.69, 9.17) is 0 Å². The molecule has 0 aromatic heterocycles. The van der Waals surface area contributed by atoms with Crippen LogP contribution in [0, 0.1) is 0 Å². The van der Waals surface area contributed by atoms with Crippen molar-refractivity contribution in [2.75, 3.05) is 31.6 Å². The maximum absolute atomic E-state index is 12.0. The van der Waals surface area contributed by atoms with Crippen molar-refractivity contribution in [1.29, 1.82) is 0 Å². The summed E-state index contributed by atoms with van der Waals surface area (Å²) in [5.41, 5.74) is -0.855. The molecule has 1 atom stereocenters. The van der Waals surface area contributed by atoms with Gasteiger partial charge in [0.1, 0.15) is 5.54 Å². The smallest absolute Gasteiger partial charge is 0.324 e. The van der Waals surface area contributed by atoms with Gasteiger partial charge in [-0.05, 0) is 27.3 Å². The minimum Gasteiger partial charge on any atom is -0.324 e. The summed E-state index contributed by atoms with van der Waals surface area (Å²) >= 11 is 0. The molecule has 2 aliphatic heterocycles. The van der Waals surface area contributed by atoms with Gasteiger partial charge in [-0.15, -0.1) is 0 Å². The van der Waals surface area contributed by atoms with Crippen LogP contribution in [-0.4, -0.2) is 73.4 Å². The highest BCUT2D eigenvalue weighted by molar-refractivity contribution is 7.91. The quantitative estimate of drug-likeness (QED) is 0.703. The van der Waals surface area contributed by atoms with Crippen molar-refractivity contribution < 1.29 is 18.0 Å². The molecule has 0 spiro atoms. The average Bonchev–Trinajstić information content (AvgIpc) is 2.76. The number of nitrogens with zero attached hydrogens (tertiary/aromatic N) is 2. The third-order valence-corrected chi connectivity index (χ3v) is 5.70. The van der Waals surface area contributed by atoms with Crippen LogP contribution >= 0.6 is 0 Å². The van der Waals surface area contributed by atoms with Crippen LogP contribution in [0.1, 0.15) is 20.3 Å². The number of imide groups is 1. The van der Waals surface area contributed by atoms with Gasteiger partial charge in [-0.3, -0.25) is 9.69 Å². The standard InChI is InChI=1S/C12H21N3O4S/c1-12(2)10(16)15(11(17)13-12)6-5-14(3)9-4-7-20(18,19)8-9/h9H,4-8H2,1-3H3,(H,13,17)/t9-/m0/s1. The van der Waals surface area contributed by atoms with Gasteiger partial charge >= 0.3 is 6.03 Å². The Morgan fingerprint density at radius 1 is 1.40 bits per heavy atom. The molecule has 7 nitrogen and oxygen atoms in total. The van der Waals surface area contributed by atoms with Crippen LogP contribution in [-0.2, 0) is 14.6 Å². The second-order valence-electron chi connectivity index (χ2n) is 6.05. The van der Waals surface area contributed by atoms with E-state index in [0.717, 1.165) is 0 Å². The molecule has 0 saturated carbocycles. The Morgan fingerprint density at radius 2 is 2.05 bits per heavy atom. The first kappa shape index (κ1) is 15.2. The predicted octanol–water partition coefficient (Wildman–Crippen LogP) is -0.564. The third-order valence-electron chi connectivity index (χ3n) is 3.95. The molecule has 0 aliphatic carbocycles. The average molecular weight is 303 g/mol. The van der Waals surface area contributed by atoms with E-state index < -0.39 is 15.4 Å². The topological polar surface area (TPSA) is 86.8 Å². The van der Waals surface area contributed by atoms with E-state index in [1.54, 1.807) is 13.8 Å². The maximum atomic E-state index is 12.0.